The summed E-state index contributed by atoms with van der Waals surface area (Å²) in [6.45, 7) is 0. The Hall–Kier alpha value is -1.82. The molecule has 2 rings (SSSR count). The van der Waals surface area contributed by atoms with Gasteiger partial charge in [-0.3, -0.25) is 14.4 Å². The van der Waals surface area contributed by atoms with E-state index in [1.54, 1.807) is 32.3 Å². The van der Waals surface area contributed by atoms with Crippen LogP contribution in [0.25, 0.3) is 0 Å². The zero-order chi connectivity index (χ0) is 16.1. The lowest BCUT2D eigenvalue weighted by atomic mass is 10.0. The molecule has 0 aliphatic heterocycles. The Morgan fingerprint density at radius 1 is 1.36 bits per heavy atom. The molecule has 1 aromatic rings. The Balaban J connectivity index is 1.90. The molecule has 1 unspecified atom stereocenters. The molecule has 1 atom stereocenters. The van der Waals surface area contributed by atoms with Crippen LogP contribution in [0.1, 0.15) is 25.7 Å². The molecule has 5 nitrogen and oxygen atoms in total. The van der Waals surface area contributed by atoms with Crippen LogP contribution in [0.3, 0.4) is 0 Å². The van der Waals surface area contributed by atoms with Crippen LogP contribution in [-0.2, 0) is 9.59 Å². The largest absolute Gasteiger partial charge is 0.339 e. The molecule has 0 radical (unpaired) electrons. The van der Waals surface area contributed by atoms with E-state index in [0.29, 0.717) is 24.9 Å². The van der Waals surface area contributed by atoms with Crippen molar-refractivity contribution in [1.82, 2.24) is 4.90 Å². The van der Waals surface area contributed by atoms with Gasteiger partial charge in [-0.1, -0.05) is 6.07 Å². The second kappa shape index (κ2) is 7.45. The first-order valence-corrected chi connectivity index (χ1v) is 8.06. The van der Waals surface area contributed by atoms with E-state index in [9.17, 15) is 14.4 Å². The molecule has 1 aliphatic carbocycles. The Morgan fingerprint density at radius 3 is 2.77 bits per heavy atom. The fourth-order valence-electron chi connectivity index (χ4n) is 2.37. The van der Waals surface area contributed by atoms with E-state index in [0.717, 1.165) is 23.1 Å². The van der Waals surface area contributed by atoms with Crippen molar-refractivity contribution in [3.8, 4) is 0 Å². The molecule has 22 heavy (non-hydrogen) atoms. The van der Waals surface area contributed by atoms with E-state index < -0.39 is 0 Å². The van der Waals surface area contributed by atoms with Gasteiger partial charge in [-0.05, 0) is 42.3 Å². The Bertz CT molecular complexity index is 587. The molecule has 0 aromatic heterocycles. The number of nitrogens with zero attached hydrogens (tertiary/aromatic N) is 1. The third-order valence-corrected chi connectivity index (χ3v) is 4.54. The lowest BCUT2D eigenvalue weighted by molar-refractivity contribution is -0.118. The lowest BCUT2D eigenvalue weighted by Gasteiger charge is -2.11. The van der Waals surface area contributed by atoms with Crippen LogP contribution in [0.4, 0.5) is 10.5 Å². The van der Waals surface area contributed by atoms with Crippen molar-refractivity contribution >= 4 is 34.4 Å². The molecule has 0 bridgehead atoms. The van der Waals surface area contributed by atoms with E-state index in [1.165, 1.54) is 4.90 Å². The highest BCUT2D eigenvalue weighted by atomic mass is 32.2. The molecule has 1 fully saturated rings. The van der Waals surface area contributed by atoms with Crippen molar-refractivity contribution in [2.24, 2.45) is 5.92 Å². The van der Waals surface area contributed by atoms with E-state index in [2.05, 4.69) is 5.32 Å². The third kappa shape index (κ3) is 4.87. The number of benzene rings is 1. The van der Waals surface area contributed by atoms with Gasteiger partial charge in [0.15, 0.2) is 0 Å². The lowest BCUT2D eigenvalue weighted by Crippen LogP contribution is -2.16. The fraction of sp³-hybridized carbons (Fsp3) is 0.438. The van der Waals surface area contributed by atoms with Gasteiger partial charge in [0, 0.05) is 43.9 Å². The van der Waals surface area contributed by atoms with Crippen LogP contribution in [0.2, 0.25) is 0 Å². The summed E-state index contributed by atoms with van der Waals surface area (Å²) in [6, 6.07) is 7.21. The Labute approximate surface area is 134 Å². The van der Waals surface area contributed by atoms with Crippen LogP contribution in [0.5, 0.6) is 0 Å². The predicted molar refractivity (Wildman–Crippen MR) is 87.0 cm³/mol. The summed E-state index contributed by atoms with van der Waals surface area (Å²) in [5.74, 6) is 0.333. The topological polar surface area (TPSA) is 66.5 Å². The second-order valence-electron chi connectivity index (χ2n) is 5.69. The number of rotatable bonds is 4. The van der Waals surface area contributed by atoms with Crippen molar-refractivity contribution in [2.45, 2.75) is 30.6 Å². The maximum Gasteiger partial charge on any atom is 0.285 e. The van der Waals surface area contributed by atoms with Crippen molar-refractivity contribution < 1.29 is 14.4 Å². The van der Waals surface area contributed by atoms with Gasteiger partial charge < -0.3 is 10.2 Å². The summed E-state index contributed by atoms with van der Waals surface area (Å²) in [7, 11) is 3.40. The van der Waals surface area contributed by atoms with Crippen LogP contribution < -0.4 is 5.32 Å². The molecular formula is C16H20N2O3S. The number of thioether (sulfide) groups is 1. The van der Waals surface area contributed by atoms with Gasteiger partial charge in [0.1, 0.15) is 5.78 Å². The minimum Gasteiger partial charge on any atom is -0.339 e. The van der Waals surface area contributed by atoms with Gasteiger partial charge in [0.05, 0.1) is 0 Å². The van der Waals surface area contributed by atoms with E-state index in [-0.39, 0.29) is 22.8 Å². The van der Waals surface area contributed by atoms with Gasteiger partial charge >= 0.3 is 0 Å². The predicted octanol–water partition coefficient (Wildman–Crippen LogP) is 3.16. The number of hydrogen-bond donors (Lipinski definition) is 1. The van der Waals surface area contributed by atoms with Crippen molar-refractivity contribution in [3.63, 3.8) is 0 Å². The van der Waals surface area contributed by atoms with Crippen LogP contribution in [0, 0.1) is 5.92 Å². The maximum absolute atomic E-state index is 12.0. The monoisotopic (exact) mass is 320 g/mol. The standard InChI is InChI=1S/C16H20N2O3S/c1-18(2)16(21)22-14-5-3-4-12(10-14)17-15(20)9-11-6-7-13(19)8-11/h3-5,10-11H,6-9H2,1-2H3,(H,17,20). The number of carbonyl (C=O) groups excluding carboxylic acids is 3. The molecule has 2 amide bonds. The first kappa shape index (κ1) is 16.5. The minimum atomic E-state index is -0.0826. The summed E-state index contributed by atoms with van der Waals surface area (Å²) < 4.78 is 0. The number of nitrogens with one attached hydrogen (secondary N) is 1. The number of Topliss-reactive ketones (excluding diaryl/α,β-unsaturated/α-hetero) is 1. The van der Waals surface area contributed by atoms with Gasteiger partial charge in [0.25, 0.3) is 5.24 Å². The highest BCUT2D eigenvalue weighted by molar-refractivity contribution is 8.13. The third-order valence-electron chi connectivity index (χ3n) is 3.51. The maximum atomic E-state index is 12.0. The first-order valence-electron chi connectivity index (χ1n) is 7.25. The molecule has 0 saturated heterocycles. The summed E-state index contributed by atoms with van der Waals surface area (Å²) in [6.07, 6.45) is 2.29. The normalized spacial score (nSPS) is 17.4. The van der Waals surface area contributed by atoms with Gasteiger partial charge in [-0.15, -0.1) is 0 Å². The number of amides is 2. The smallest absolute Gasteiger partial charge is 0.285 e. The van der Waals surface area contributed by atoms with Crippen LogP contribution in [-0.4, -0.2) is 35.9 Å². The molecule has 1 saturated carbocycles. The number of hydrogen-bond acceptors (Lipinski definition) is 4. The molecule has 1 aromatic carbocycles. The average molecular weight is 320 g/mol. The molecule has 1 aliphatic rings. The first-order chi connectivity index (χ1) is 10.4. The molecule has 0 spiro atoms. The zero-order valence-corrected chi connectivity index (χ0v) is 13.6. The summed E-state index contributed by atoms with van der Waals surface area (Å²) in [4.78, 5) is 37.2. The van der Waals surface area contributed by atoms with Gasteiger partial charge in [0.2, 0.25) is 5.91 Å². The number of anilines is 1. The molecule has 1 N–H and O–H groups in total. The highest BCUT2D eigenvalue weighted by Gasteiger charge is 2.24. The van der Waals surface area contributed by atoms with Crippen molar-refractivity contribution in [2.75, 3.05) is 19.4 Å². The van der Waals surface area contributed by atoms with Gasteiger partial charge in [-0.25, -0.2) is 0 Å². The van der Waals surface area contributed by atoms with Gasteiger partial charge in [-0.2, -0.15) is 0 Å². The summed E-state index contributed by atoms with van der Waals surface area (Å²) in [5, 5.41) is 2.78. The van der Waals surface area contributed by atoms with Crippen LogP contribution >= 0.6 is 11.8 Å². The SMILES string of the molecule is CN(C)C(=O)Sc1cccc(NC(=O)CC2CCC(=O)C2)c1. The zero-order valence-electron chi connectivity index (χ0n) is 12.8. The number of carbonyl (C=O) groups is 3. The van der Waals surface area contributed by atoms with Crippen molar-refractivity contribution in [1.29, 1.82) is 0 Å². The minimum absolute atomic E-state index is 0.0621. The quantitative estimate of drug-likeness (QED) is 0.865. The van der Waals surface area contributed by atoms with Crippen molar-refractivity contribution in [3.05, 3.63) is 24.3 Å². The summed E-state index contributed by atoms with van der Waals surface area (Å²) >= 11 is 1.12. The average Bonchev–Trinajstić information content (AvgIpc) is 2.84. The molecule has 118 valence electrons. The molecular weight excluding hydrogens is 300 g/mol. The fourth-order valence-corrected chi connectivity index (χ4v) is 3.09. The Morgan fingerprint density at radius 2 is 2.14 bits per heavy atom. The molecule has 6 heteroatoms. The van der Waals surface area contributed by atoms with E-state index >= 15 is 0 Å². The Kier molecular flexibility index (Phi) is 5.60. The van der Waals surface area contributed by atoms with Crippen LogP contribution in [0.15, 0.2) is 29.2 Å². The summed E-state index contributed by atoms with van der Waals surface area (Å²) in [5.41, 5.74) is 0.672. The second-order valence-corrected chi connectivity index (χ2v) is 6.71. The number of ketones is 1. The van der Waals surface area contributed by atoms with E-state index in [1.807, 2.05) is 6.07 Å². The highest BCUT2D eigenvalue weighted by Crippen LogP contribution is 2.26. The van der Waals surface area contributed by atoms with E-state index in [4.69, 9.17) is 0 Å². The molecule has 0 heterocycles.